The van der Waals surface area contributed by atoms with E-state index in [-0.39, 0.29) is 10.3 Å². The molecule has 24 heavy (non-hydrogen) atoms. The second kappa shape index (κ2) is 7.97. The highest BCUT2D eigenvalue weighted by molar-refractivity contribution is 7.91. The molecule has 2 heterocycles. The van der Waals surface area contributed by atoms with Gasteiger partial charge in [0, 0.05) is 12.6 Å². The van der Waals surface area contributed by atoms with Gasteiger partial charge in [-0.3, -0.25) is 4.90 Å². The van der Waals surface area contributed by atoms with Crippen molar-refractivity contribution in [1.29, 1.82) is 0 Å². The maximum absolute atomic E-state index is 12.5. The van der Waals surface area contributed by atoms with Crippen LogP contribution < -0.4 is 4.72 Å². The van der Waals surface area contributed by atoms with Crippen LogP contribution in [0.1, 0.15) is 30.9 Å². The zero-order chi connectivity index (χ0) is 17.0. The summed E-state index contributed by atoms with van der Waals surface area (Å²) >= 11 is 6.94. The molecule has 1 N–H and O–H groups in total. The van der Waals surface area contributed by atoms with E-state index >= 15 is 0 Å². The lowest BCUT2D eigenvalue weighted by atomic mass is 10.0. The molecule has 2 aromatic rings. The topological polar surface area (TPSA) is 49.4 Å². The molecule has 3 rings (SSSR count). The summed E-state index contributed by atoms with van der Waals surface area (Å²) in [6.45, 7) is 2.38. The SMILES string of the molecule is O=S(=O)(NCC(c1ccccc1)N1CCCCC1)c1ccc(Cl)s1. The van der Waals surface area contributed by atoms with E-state index in [4.69, 9.17) is 11.6 Å². The molecule has 0 aliphatic carbocycles. The molecule has 0 saturated carbocycles. The van der Waals surface area contributed by atoms with Crippen LogP contribution in [0.25, 0.3) is 0 Å². The molecule has 1 aliphatic rings. The van der Waals surface area contributed by atoms with Gasteiger partial charge < -0.3 is 0 Å². The fraction of sp³-hybridized carbons (Fsp3) is 0.412. The Kier molecular flexibility index (Phi) is 5.94. The third-order valence-corrected chi connectivity index (χ3v) is 7.44. The van der Waals surface area contributed by atoms with Crippen molar-refractivity contribution >= 4 is 33.0 Å². The molecule has 1 aromatic carbocycles. The van der Waals surface area contributed by atoms with E-state index in [2.05, 4.69) is 21.8 Å². The molecule has 0 radical (unpaired) electrons. The van der Waals surface area contributed by atoms with E-state index in [1.165, 1.54) is 6.42 Å². The lowest BCUT2D eigenvalue weighted by molar-refractivity contribution is 0.165. The maximum Gasteiger partial charge on any atom is 0.250 e. The average Bonchev–Trinajstić information content (AvgIpc) is 3.04. The van der Waals surface area contributed by atoms with Crippen LogP contribution in [-0.2, 0) is 10.0 Å². The predicted octanol–water partition coefficient (Wildman–Crippen LogP) is 3.91. The number of rotatable bonds is 6. The van der Waals surface area contributed by atoms with Crippen molar-refractivity contribution < 1.29 is 8.42 Å². The number of sulfonamides is 1. The zero-order valence-electron chi connectivity index (χ0n) is 13.3. The van der Waals surface area contributed by atoms with Gasteiger partial charge in [0.15, 0.2) is 0 Å². The van der Waals surface area contributed by atoms with Crippen molar-refractivity contribution in [3.8, 4) is 0 Å². The molecule has 0 amide bonds. The first-order chi connectivity index (χ1) is 11.6. The Morgan fingerprint density at radius 2 is 1.79 bits per heavy atom. The second-order valence-corrected chi connectivity index (χ2v) is 9.64. The molecule has 0 bridgehead atoms. The van der Waals surface area contributed by atoms with Crippen molar-refractivity contribution in [2.75, 3.05) is 19.6 Å². The largest absolute Gasteiger partial charge is 0.295 e. The molecule has 1 unspecified atom stereocenters. The van der Waals surface area contributed by atoms with Crippen LogP contribution in [0.5, 0.6) is 0 Å². The highest BCUT2D eigenvalue weighted by atomic mass is 35.5. The summed E-state index contributed by atoms with van der Waals surface area (Å²) in [5.41, 5.74) is 1.14. The van der Waals surface area contributed by atoms with Gasteiger partial charge in [0.1, 0.15) is 4.21 Å². The second-order valence-electron chi connectivity index (χ2n) is 5.93. The minimum absolute atomic E-state index is 0.0525. The van der Waals surface area contributed by atoms with E-state index in [0.717, 1.165) is 42.8 Å². The molecule has 1 atom stereocenters. The summed E-state index contributed by atoms with van der Waals surface area (Å²) in [6.07, 6.45) is 3.57. The number of hydrogen-bond acceptors (Lipinski definition) is 4. The summed E-state index contributed by atoms with van der Waals surface area (Å²) in [4.78, 5) is 2.38. The Bertz CT molecular complexity index is 756. The van der Waals surface area contributed by atoms with Crippen LogP contribution in [0, 0.1) is 0 Å². The Labute approximate surface area is 152 Å². The number of piperidine rings is 1. The molecule has 1 saturated heterocycles. The molecule has 1 aromatic heterocycles. The number of hydrogen-bond donors (Lipinski definition) is 1. The Morgan fingerprint density at radius 1 is 1.08 bits per heavy atom. The van der Waals surface area contributed by atoms with Gasteiger partial charge in [-0.1, -0.05) is 48.4 Å². The monoisotopic (exact) mass is 384 g/mol. The fourth-order valence-electron chi connectivity index (χ4n) is 3.06. The molecule has 7 heteroatoms. The number of thiophene rings is 1. The number of nitrogens with zero attached hydrogens (tertiary/aromatic N) is 1. The minimum atomic E-state index is -3.52. The highest BCUT2D eigenvalue weighted by Crippen LogP contribution is 2.27. The van der Waals surface area contributed by atoms with Gasteiger partial charge in [0.25, 0.3) is 0 Å². The average molecular weight is 385 g/mol. The number of likely N-dealkylation sites (tertiary alicyclic amines) is 1. The van der Waals surface area contributed by atoms with Crippen molar-refractivity contribution in [3.05, 3.63) is 52.4 Å². The molecule has 0 spiro atoms. The summed E-state index contributed by atoms with van der Waals surface area (Å²) in [5, 5.41) is 0. The Balaban J connectivity index is 1.76. The number of nitrogens with one attached hydrogen (secondary N) is 1. The number of benzene rings is 1. The van der Waals surface area contributed by atoms with E-state index in [9.17, 15) is 8.42 Å². The summed E-state index contributed by atoms with van der Waals surface area (Å²) in [5.74, 6) is 0. The molecule has 4 nitrogen and oxygen atoms in total. The molecule has 130 valence electrons. The smallest absolute Gasteiger partial charge is 0.250 e. The van der Waals surface area contributed by atoms with Crippen LogP contribution >= 0.6 is 22.9 Å². The van der Waals surface area contributed by atoms with E-state index < -0.39 is 10.0 Å². The van der Waals surface area contributed by atoms with Crippen LogP contribution in [0.15, 0.2) is 46.7 Å². The van der Waals surface area contributed by atoms with Crippen LogP contribution in [0.3, 0.4) is 0 Å². The lowest BCUT2D eigenvalue weighted by Crippen LogP contribution is -2.40. The summed E-state index contributed by atoms with van der Waals surface area (Å²) < 4.78 is 28.5. The maximum atomic E-state index is 12.5. The lowest BCUT2D eigenvalue weighted by Gasteiger charge is -2.35. The van der Waals surface area contributed by atoms with E-state index in [1.54, 1.807) is 12.1 Å². The summed E-state index contributed by atoms with van der Waals surface area (Å²) in [6, 6.07) is 13.3. The van der Waals surface area contributed by atoms with Crippen molar-refractivity contribution in [2.24, 2.45) is 0 Å². The fourth-order valence-corrected chi connectivity index (χ4v) is 5.63. The standard InChI is InChI=1S/C17H21ClN2O2S2/c18-16-9-10-17(23-16)24(21,22)19-13-15(14-7-3-1-4-8-14)20-11-5-2-6-12-20/h1,3-4,7-10,15,19H,2,5-6,11-13H2. The van der Waals surface area contributed by atoms with Gasteiger partial charge in [-0.15, -0.1) is 11.3 Å². The van der Waals surface area contributed by atoms with Gasteiger partial charge in [-0.25, -0.2) is 13.1 Å². The Hall–Kier alpha value is -0.920. The molecule has 1 aliphatic heterocycles. The zero-order valence-corrected chi connectivity index (χ0v) is 15.7. The first-order valence-electron chi connectivity index (χ1n) is 8.10. The quantitative estimate of drug-likeness (QED) is 0.821. The normalized spacial score (nSPS) is 17.7. The highest BCUT2D eigenvalue weighted by Gasteiger charge is 2.25. The van der Waals surface area contributed by atoms with Gasteiger partial charge in [0.05, 0.1) is 4.34 Å². The van der Waals surface area contributed by atoms with Gasteiger partial charge >= 0.3 is 0 Å². The number of halogens is 1. The summed E-state index contributed by atoms with van der Waals surface area (Å²) in [7, 11) is -3.52. The van der Waals surface area contributed by atoms with Crippen molar-refractivity contribution in [1.82, 2.24) is 9.62 Å². The Morgan fingerprint density at radius 3 is 2.42 bits per heavy atom. The van der Waals surface area contributed by atoms with Gasteiger partial charge in [0.2, 0.25) is 10.0 Å². The van der Waals surface area contributed by atoms with Gasteiger partial charge in [-0.05, 0) is 43.6 Å². The predicted molar refractivity (Wildman–Crippen MR) is 99.1 cm³/mol. The minimum Gasteiger partial charge on any atom is -0.295 e. The van der Waals surface area contributed by atoms with Crippen LogP contribution in [0.4, 0.5) is 0 Å². The first kappa shape index (κ1) is 17.9. The molecule has 1 fully saturated rings. The third-order valence-electron chi connectivity index (χ3n) is 4.30. The van der Waals surface area contributed by atoms with E-state index in [0.29, 0.717) is 10.9 Å². The molecular weight excluding hydrogens is 364 g/mol. The first-order valence-corrected chi connectivity index (χ1v) is 10.8. The third kappa shape index (κ3) is 4.37. The van der Waals surface area contributed by atoms with Crippen molar-refractivity contribution in [2.45, 2.75) is 29.5 Å². The van der Waals surface area contributed by atoms with Crippen molar-refractivity contribution in [3.63, 3.8) is 0 Å². The van der Waals surface area contributed by atoms with Crippen LogP contribution in [-0.4, -0.2) is 33.0 Å². The van der Waals surface area contributed by atoms with E-state index in [1.807, 2.05) is 18.2 Å². The molecular formula is C17H21ClN2O2S2. The van der Waals surface area contributed by atoms with Gasteiger partial charge in [-0.2, -0.15) is 0 Å². The van der Waals surface area contributed by atoms with Crippen LogP contribution in [0.2, 0.25) is 4.34 Å².